The van der Waals surface area contributed by atoms with Gasteiger partial charge in [0.25, 0.3) is 0 Å². The molecule has 8 aromatic carbocycles. The molecule has 5 heteroatoms. The molecule has 0 atom stereocenters. The van der Waals surface area contributed by atoms with Gasteiger partial charge in [0.2, 0.25) is 0 Å². The van der Waals surface area contributed by atoms with Crippen molar-refractivity contribution < 1.29 is 0 Å². The number of rotatable bonds is 7. The van der Waals surface area contributed by atoms with Gasteiger partial charge in [-0.3, -0.25) is 0 Å². The van der Waals surface area contributed by atoms with E-state index in [9.17, 15) is 0 Å². The molecular weight excluding hydrogens is 773 g/mol. The molecule has 0 bridgehead atoms. The third kappa shape index (κ3) is 6.18. The molecule has 4 nitrogen and oxygen atoms in total. The Morgan fingerprint density at radius 2 is 0.952 bits per heavy atom. The van der Waals surface area contributed by atoms with Gasteiger partial charge in [0, 0.05) is 58.9 Å². The van der Waals surface area contributed by atoms with Crippen molar-refractivity contribution in [3.8, 4) is 78.7 Å². The summed E-state index contributed by atoms with van der Waals surface area (Å²) < 4.78 is 4.73. The lowest BCUT2D eigenvalue weighted by Crippen LogP contribution is -1.97. The van der Waals surface area contributed by atoms with Gasteiger partial charge >= 0.3 is 0 Å². The number of fused-ring (bicyclic) bond motifs is 6. The summed E-state index contributed by atoms with van der Waals surface area (Å²) in [7, 11) is 0. The van der Waals surface area contributed by atoms with E-state index in [1.165, 1.54) is 25.7 Å². The minimum absolute atomic E-state index is 0.686. The van der Waals surface area contributed by atoms with Crippen LogP contribution in [0.25, 0.3) is 115 Å². The molecule has 0 saturated heterocycles. The first-order chi connectivity index (χ1) is 30.7. The largest absolute Gasteiger partial charge is 0.231 e. The Kier molecular flexibility index (Phi) is 8.65. The van der Waals surface area contributed by atoms with E-state index >= 15 is 0 Å². The number of nitrogens with zero attached hydrogens (tertiary/aromatic N) is 4. The van der Waals surface area contributed by atoms with Crippen molar-refractivity contribution in [2.45, 2.75) is 0 Å². The van der Waals surface area contributed by atoms with Gasteiger partial charge in [-0.1, -0.05) is 194 Å². The molecule has 12 aromatic rings. The standard InChI is InChI=1S/C57H36N4S/c1-4-16-37(17-5-1)49-36-50(59-57(58-49)44-24-14-23-42(34-44)46-27-15-28-48-47-26-12-13-29-52(47)62-56(46)48)38-30-32-39(33-31-38)51-35-43-22-10-11-25-45(43)55-53(40-18-6-2-7-19-40)54(60-61(51)55)41-20-8-3-9-21-41/h1-36H. The SMILES string of the molecule is c1ccc(-c2cc(-c3ccc(-c4cc5ccccc5c5c(-c6ccccc6)c(-c6ccccc6)nn45)cc3)nc(-c3cccc(-c4cccc5c4sc4ccccc45)c3)n2)cc1. The van der Waals surface area contributed by atoms with Crippen molar-refractivity contribution in [1.29, 1.82) is 0 Å². The summed E-state index contributed by atoms with van der Waals surface area (Å²) in [6.07, 6.45) is 0. The van der Waals surface area contributed by atoms with Gasteiger partial charge in [-0.2, -0.15) is 5.10 Å². The first-order valence-corrected chi connectivity index (χ1v) is 21.7. The molecule has 0 N–H and O–H groups in total. The van der Waals surface area contributed by atoms with Crippen LogP contribution >= 0.6 is 11.3 Å². The topological polar surface area (TPSA) is 43.1 Å². The van der Waals surface area contributed by atoms with Crippen LogP contribution < -0.4 is 0 Å². The molecule has 12 rings (SSSR count). The van der Waals surface area contributed by atoms with Crippen LogP contribution in [0.1, 0.15) is 0 Å². The molecule has 4 heterocycles. The zero-order valence-electron chi connectivity index (χ0n) is 33.5. The monoisotopic (exact) mass is 808 g/mol. The summed E-state index contributed by atoms with van der Waals surface area (Å²) in [5.74, 6) is 0.686. The number of aromatic nitrogens is 4. The first kappa shape index (κ1) is 35.9. The Bertz CT molecular complexity index is 3610. The minimum atomic E-state index is 0.686. The van der Waals surface area contributed by atoms with E-state index in [1.54, 1.807) is 0 Å². The molecule has 0 amide bonds. The maximum absolute atomic E-state index is 5.41. The molecule has 0 spiro atoms. The van der Waals surface area contributed by atoms with E-state index < -0.39 is 0 Å². The Labute approximate surface area is 362 Å². The highest BCUT2D eigenvalue weighted by molar-refractivity contribution is 7.26. The van der Waals surface area contributed by atoms with Gasteiger partial charge in [0.05, 0.1) is 22.6 Å². The number of thiophene rings is 1. The highest BCUT2D eigenvalue weighted by atomic mass is 32.1. The summed E-state index contributed by atoms with van der Waals surface area (Å²) >= 11 is 1.85. The number of hydrogen-bond acceptors (Lipinski definition) is 4. The molecule has 0 aliphatic rings. The normalized spacial score (nSPS) is 11.5. The number of benzene rings is 8. The predicted octanol–water partition coefficient (Wildman–Crippen LogP) is 15.3. The Morgan fingerprint density at radius 1 is 0.387 bits per heavy atom. The van der Waals surface area contributed by atoms with Crippen LogP contribution in [0.15, 0.2) is 218 Å². The smallest absolute Gasteiger partial charge is 0.160 e. The Hall–Kier alpha value is -7.99. The average Bonchev–Trinajstić information content (AvgIpc) is 3.95. The summed E-state index contributed by atoms with van der Waals surface area (Å²) in [5, 5.41) is 10.3. The molecule has 0 radical (unpaired) electrons. The van der Waals surface area contributed by atoms with E-state index in [0.29, 0.717) is 5.82 Å². The predicted molar refractivity (Wildman–Crippen MR) is 259 cm³/mol. The van der Waals surface area contributed by atoms with Crippen LogP contribution in [0, 0.1) is 0 Å². The van der Waals surface area contributed by atoms with E-state index in [1.807, 2.05) is 17.4 Å². The van der Waals surface area contributed by atoms with Gasteiger partial charge < -0.3 is 0 Å². The van der Waals surface area contributed by atoms with Crippen molar-refractivity contribution in [3.05, 3.63) is 218 Å². The van der Waals surface area contributed by atoms with Crippen molar-refractivity contribution >= 4 is 47.8 Å². The molecule has 4 aromatic heterocycles. The van der Waals surface area contributed by atoms with Crippen LogP contribution in [0.2, 0.25) is 0 Å². The fourth-order valence-corrected chi connectivity index (χ4v) is 10.1. The quantitative estimate of drug-likeness (QED) is 0.161. The second-order valence-corrected chi connectivity index (χ2v) is 16.7. The van der Waals surface area contributed by atoms with Gasteiger partial charge in [0.1, 0.15) is 5.69 Å². The maximum Gasteiger partial charge on any atom is 0.160 e. The van der Waals surface area contributed by atoms with Crippen LogP contribution in [0.5, 0.6) is 0 Å². The van der Waals surface area contributed by atoms with Gasteiger partial charge in [-0.05, 0) is 46.3 Å². The molecule has 290 valence electrons. The lowest BCUT2D eigenvalue weighted by Gasteiger charge is -2.12. The van der Waals surface area contributed by atoms with E-state index in [2.05, 4.69) is 217 Å². The van der Waals surface area contributed by atoms with Crippen molar-refractivity contribution in [2.24, 2.45) is 0 Å². The molecular formula is C57H36N4S. The van der Waals surface area contributed by atoms with Crippen molar-refractivity contribution in [1.82, 2.24) is 19.6 Å². The van der Waals surface area contributed by atoms with Crippen molar-refractivity contribution in [3.63, 3.8) is 0 Å². The number of hydrogen-bond donors (Lipinski definition) is 0. The fraction of sp³-hybridized carbons (Fsp3) is 0. The van der Waals surface area contributed by atoms with E-state index in [-0.39, 0.29) is 0 Å². The summed E-state index contributed by atoms with van der Waals surface area (Å²) in [4.78, 5) is 10.5. The van der Waals surface area contributed by atoms with Crippen LogP contribution in [0.3, 0.4) is 0 Å². The van der Waals surface area contributed by atoms with E-state index in [4.69, 9.17) is 15.1 Å². The van der Waals surface area contributed by atoms with Crippen molar-refractivity contribution in [2.75, 3.05) is 0 Å². The fourth-order valence-electron chi connectivity index (χ4n) is 8.86. The zero-order valence-corrected chi connectivity index (χ0v) is 34.3. The second-order valence-electron chi connectivity index (χ2n) is 15.6. The highest BCUT2D eigenvalue weighted by Crippen LogP contribution is 2.43. The van der Waals surface area contributed by atoms with Gasteiger partial charge in [-0.15, -0.1) is 11.3 Å². The second kappa shape index (κ2) is 14.9. The molecule has 0 fully saturated rings. The lowest BCUT2D eigenvalue weighted by atomic mass is 9.97. The van der Waals surface area contributed by atoms with Crippen LogP contribution in [-0.2, 0) is 0 Å². The lowest BCUT2D eigenvalue weighted by molar-refractivity contribution is 0.979. The summed E-state index contributed by atoms with van der Waals surface area (Å²) in [6, 6.07) is 77.2. The zero-order chi connectivity index (χ0) is 41.0. The highest BCUT2D eigenvalue weighted by Gasteiger charge is 2.22. The Morgan fingerprint density at radius 3 is 1.71 bits per heavy atom. The minimum Gasteiger partial charge on any atom is -0.231 e. The molecule has 0 aliphatic carbocycles. The molecule has 0 saturated carbocycles. The van der Waals surface area contributed by atoms with Crippen LogP contribution in [-0.4, -0.2) is 19.6 Å². The Balaban J connectivity index is 0.992. The summed E-state index contributed by atoms with van der Waals surface area (Å²) in [6.45, 7) is 0. The molecule has 0 unspecified atom stereocenters. The third-order valence-electron chi connectivity index (χ3n) is 11.8. The van der Waals surface area contributed by atoms with Crippen LogP contribution in [0.4, 0.5) is 0 Å². The third-order valence-corrected chi connectivity index (χ3v) is 13.1. The number of pyridine rings is 1. The van der Waals surface area contributed by atoms with Gasteiger partial charge in [-0.25, -0.2) is 14.5 Å². The van der Waals surface area contributed by atoms with E-state index in [0.717, 1.165) is 83.6 Å². The maximum atomic E-state index is 5.41. The summed E-state index contributed by atoms with van der Waals surface area (Å²) in [5.41, 5.74) is 14.6. The first-order valence-electron chi connectivity index (χ1n) is 20.9. The average molecular weight is 809 g/mol. The van der Waals surface area contributed by atoms with Gasteiger partial charge in [0.15, 0.2) is 5.82 Å². The molecule has 62 heavy (non-hydrogen) atoms. The molecule has 0 aliphatic heterocycles.